The number of carbonyl (C=O) groups is 1. The van der Waals surface area contributed by atoms with Crippen LogP contribution in [-0.4, -0.2) is 47.8 Å². The van der Waals surface area contributed by atoms with Gasteiger partial charge in [-0.3, -0.25) is 0 Å². The van der Waals surface area contributed by atoms with E-state index in [1.54, 1.807) is 12.1 Å². The van der Waals surface area contributed by atoms with Gasteiger partial charge in [0.25, 0.3) is 0 Å². The van der Waals surface area contributed by atoms with Crippen LogP contribution in [0.3, 0.4) is 0 Å². The third kappa shape index (κ3) is 6.02. The summed E-state index contributed by atoms with van der Waals surface area (Å²) in [6.07, 6.45) is 0.384. The highest BCUT2D eigenvalue weighted by molar-refractivity contribution is 7.14. The molecule has 236 valence electrons. The Morgan fingerprint density at radius 1 is 1.07 bits per heavy atom. The van der Waals surface area contributed by atoms with E-state index in [0.717, 1.165) is 49.7 Å². The summed E-state index contributed by atoms with van der Waals surface area (Å²) >= 11 is 1.45. The standard InChI is InChI=1S/C32H29F4N3O5S/c1-41-30(40)18-8-11-22(25(33)12-18)26-16-45-31(37-26)39-19-9-10-20(39)14-21(13-19)42-15-24-28(38-44-29(24)17-6-7-17)23-4-2-3-5-27(23)43-32(34,35)36/h2-5,8,11-12,16-17,19-21H,6-7,9-10,13-15H2,1H3/t19-,20+,21?. The molecule has 0 N–H and O–H groups in total. The van der Waals surface area contributed by atoms with Crippen molar-refractivity contribution in [3.05, 3.63) is 70.5 Å². The molecule has 3 aliphatic rings. The van der Waals surface area contributed by atoms with Crippen molar-refractivity contribution in [3.63, 3.8) is 0 Å². The van der Waals surface area contributed by atoms with Gasteiger partial charge in [0.1, 0.15) is 23.0 Å². The molecule has 2 aromatic heterocycles. The van der Waals surface area contributed by atoms with Gasteiger partial charge in [0.05, 0.1) is 31.1 Å². The van der Waals surface area contributed by atoms with Gasteiger partial charge in [-0.15, -0.1) is 24.5 Å². The molecular formula is C32H29F4N3O5S. The zero-order chi connectivity index (χ0) is 31.3. The molecule has 0 radical (unpaired) electrons. The van der Waals surface area contributed by atoms with Crippen molar-refractivity contribution in [1.82, 2.24) is 10.1 Å². The highest BCUT2D eigenvalue weighted by Gasteiger charge is 2.43. The minimum absolute atomic E-state index is 0.0713. The number of rotatable bonds is 9. The summed E-state index contributed by atoms with van der Waals surface area (Å²) in [5.74, 6) is -0.648. The molecule has 8 nitrogen and oxygen atoms in total. The van der Waals surface area contributed by atoms with Crippen LogP contribution in [0.25, 0.3) is 22.5 Å². The second-order valence-corrected chi connectivity index (χ2v) is 12.4. The lowest BCUT2D eigenvalue weighted by Gasteiger charge is -2.38. The molecule has 1 unspecified atom stereocenters. The van der Waals surface area contributed by atoms with E-state index >= 15 is 0 Å². The minimum atomic E-state index is -4.84. The second-order valence-electron chi connectivity index (χ2n) is 11.6. The van der Waals surface area contributed by atoms with Crippen molar-refractivity contribution in [2.75, 3.05) is 12.0 Å². The molecule has 3 atom stereocenters. The lowest BCUT2D eigenvalue weighted by Crippen LogP contribution is -2.45. The number of carbonyl (C=O) groups excluding carboxylic acids is 1. The number of thiazole rings is 1. The van der Waals surface area contributed by atoms with E-state index in [-0.39, 0.29) is 47.6 Å². The Hall–Kier alpha value is -3.97. The number of esters is 1. The quantitative estimate of drug-likeness (QED) is 0.135. The highest BCUT2D eigenvalue weighted by atomic mass is 32.1. The van der Waals surface area contributed by atoms with Gasteiger partial charge in [-0.25, -0.2) is 14.2 Å². The van der Waals surface area contributed by atoms with E-state index < -0.39 is 18.1 Å². The van der Waals surface area contributed by atoms with E-state index in [2.05, 4.69) is 19.5 Å². The maximum absolute atomic E-state index is 14.9. The van der Waals surface area contributed by atoms with Crippen LogP contribution in [0, 0.1) is 5.82 Å². The fourth-order valence-electron chi connectivity index (χ4n) is 6.47. The van der Waals surface area contributed by atoms with Crippen LogP contribution in [0.4, 0.5) is 22.7 Å². The zero-order valence-electron chi connectivity index (χ0n) is 24.2. The first-order chi connectivity index (χ1) is 21.7. The lowest BCUT2D eigenvalue weighted by atomic mass is 10.00. The Morgan fingerprint density at radius 3 is 2.51 bits per heavy atom. The van der Waals surface area contributed by atoms with Crippen molar-refractivity contribution in [2.45, 2.75) is 75.6 Å². The monoisotopic (exact) mass is 643 g/mol. The van der Waals surface area contributed by atoms with E-state index in [0.29, 0.717) is 28.3 Å². The number of nitrogens with zero attached hydrogens (tertiary/aromatic N) is 3. The number of aromatic nitrogens is 2. The minimum Gasteiger partial charge on any atom is -0.465 e. The van der Waals surface area contributed by atoms with Crippen LogP contribution >= 0.6 is 11.3 Å². The Bertz CT molecular complexity index is 1700. The number of methoxy groups -OCH3 is 1. The number of alkyl halides is 3. The summed E-state index contributed by atoms with van der Waals surface area (Å²) in [6, 6.07) is 10.5. The molecular weight excluding hydrogens is 614 g/mol. The van der Waals surface area contributed by atoms with Gasteiger partial charge in [-0.1, -0.05) is 17.3 Å². The summed E-state index contributed by atoms with van der Waals surface area (Å²) in [7, 11) is 1.25. The largest absolute Gasteiger partial charge is 0.573 e. The van der Waals surface area contributed by atoms with Crippen LogP contribution in [0.15, 0.2) is 52.4 Å². The first-order valence-electron chi connectivity index (χ1n) is 14.8. The number of ether oxygens (including phenoxy) is 3. The molecule has 13 heteroatoms. The van der Waals surface area contributed by atoms with E-state index in [1.165, 1.54) is 42.7 Å². The van der Waals surface area contributed by atoms with Gasteiger partial charge < -0.3 is 23.6 Å². The highest BCUT2D eigenvalue weighted by Crippen LogP contribution is 2.47. The Kier molecular flexibility index (Phi) is 7.76. The van der Waals surface area contributed by atoms with Gasteiger partial charge >= 0.3 is 12.3 Å². The van der Waals surface area contributed by atoms with Crippen molar-refractivity contribution < 1.29 is 41.1 Å². The average Bonchev–Trinajstić information content (AvgIpc) is 3.48. The van der Waals surface area contributed by atoms with Crippen molar-refractivity contribution in [2.24, 2.45) is 0 Å². The van der Waals surface area contributed by atoms with Crippen molar-refractivity contribution in [1.29, 1.82) is 0 Å². The van der Waals surface area contributed by atoms with Crippen LogP contribution in [0.5, 0.6) is 5.75 Å². The Labute approximate surface area is 259 Å². The number of piperidine rings is 1. The van der Waals surface area contributed by atoms with E-state index in [9.17, 15) is 22.4 Å². The normalized spacial score (nSPS) is 21.3. The third-order valence-electron chi connectivity index (χ3n) is 8.67. The number of fused-ring (bicyclic) bond motifs is 2. The molecule has 2 bridgehead atoms. The second kappa shape index (κ2) is 11.8. The molecule has 2 aliphatic heterocycles. The van der Waals surface area contributed by atoms with E-state index in [1.807, 2.05) is 5.38 Å². The Balaban J connectivity index is 1.06. The molecule has 0 spiro atoms. The average molecular weight is 644 g/mol. The van der Waals surface area contributed by atoms with Crippen molar-refractivity contribution >= 4 is 22.4 Å². The number of anilines is 1. The lowest BCUT2D eigenvalue weighted by molar-refractivity contribution is -0.274. The molecule has 1 aliphatic carbocycles. The summed E-state index contributed by atoms with van der Waals surface area (Å²) in [4.78, 5) is 18.8. The molecule has 2 saturated heterocycles. The number of para-hydroxylation sites is 1. The van der Waals surface area contributed by atoms with Gasteiger partial charge in [-0.2, -0.15) is 0 Å². The molecule has 1 saturated carbocycles. The summed E-state index contributed by atoms with van der Waals surface area (Å²) in [5.41, 5.74) is 2.12. The molecule has 3 fully saturated rings. The van der Waals surface area contributed by atoms with Gasteiger partial charge in [0, 0.05) is 40.1 Å². The fourth-order valence-corrected chi connectivity index (χ4v) is 7.43. The molecule has 45 heavy (non-hydrogen) atoms. The maximum Gasteiger partial charge on any atom is 0.573 e. The first-order valence-corrected chi connectivity index (χ1v) is 15.6. The number of hydrogen-bond acceptors (Lipinski definition) is 9. The number of halogens is 4. The van der Waals surface area contributed by atoms with Crippen LogP contribution in [0.2, 0.25) is 0 Å². The third-order valence-corrected chi connectivity index (χ3v) is 9.52. The fraction of sp³-hybridized carbons (Fsp3) is 0.406. The van der Waals surface area contributed by atoms with Crippen LogP contribution in [0.1, 0.15) is 66.1 Å². The Morgan fingerprint density at radius 2 is 1.82 bits per heavy atom. The number of hydrogen-bond donors (Lipinski definition) is 0. The van der Waals surface area contributed by atoms with Crippen LogP contribution < -0.4 is 9.64 Å². The molecule has 4 aromatic rings. The summed E-state index contributed by atoms with van der Waals surface area (Å²) in [5, 5.41) is 6.81. The van der Waals surface area contributed by atoms with Gasteiger partial charge in [0.15, 0.2) is 5.13 Å². The van der Waals surface area contributed by atoms with Crippen molar-refractivity contribution in [3.8, 4) is 28.3 Å². The first kappa shape index (κ1) is 29.7. The predicted molar refractivity (Wildman–Crippen MR) is 157 cm³/mol. The smallest absolute Gasteiger partial charge is 0.465 e. The molecule has 7 rings (SSSR count). The van der Waals surface area contributed by atoms with Gasteiger partial charge in [-0.05, 0) is 68.9 Å². The maximum atomic E-state index is 14.9. The van der Waals surface area contributed by atoms with E-state index in [4.69, 9.17) is 14.2 Å². The predicted octanol–water partition coefficient (Wildman–Crippen LogP) is 7.88. The molecule has 4 heterocycles. The molecule has 2 aromatic carbocycles. The van der Waals surface area contributed by atoms with Gasteiger partial charge in [0.2, 0.25) is 0 Å². The zero-order valence-corrected chi connectivity index (χ0v) is 25.0. The summed E-state index contributed by atoms with van der Waals surface area (Å²) < 4.78 is 75.4. The topological polar surface area (TPSA) is 86.9 Å². The number of benzene rings is 2. The summed E-state index contributed by atoms with van der Waals surface area (Å²) in [6.45, 7) is 0.164. The molecule has 0 amide bonds. The van der Waals surface area contributed by atoms with Crippen LogP contribution in [-0.2, 0) is 16.1 Å². The SMILES string of the molecule is COC(=O)c1ccc(-c2csc(N3[C@@H]4CC[C@H]3CC(OCc3c(-c5ccccc5OC(F)(F)F)noc3C3CC3)C4)n2)c(F)c1.